The highest BCUT2D eigenvalue weighted by molar-refractivity contribution is 5.76. The van der Waals surface area contributed by atoms with Crippen LogP contribution in [0.2, 0.25) is 0 Å². The van der Waals surface area contributed by atoms with E-state index in [-0.39, 0.29) is 11.3 Å². The first-order valence-electron chi connectivity index (χ1n) is 7.59. The predicted octanol–water partition coefficient (Wildman–Crippen LogP) is 3.70. The van der Waals surface area contributed by atoms with Crippen LogP contribution in [0.15, 0.2) is 47.1 Å². The van der Waals surface area contributed by atoms with Crippen molar-refractivity contribution in [1.82, 2.24) is 5.32 Å². The van der Waals surface area contributed by atoms with E-state index in [1.807, 2.05) is 24.3 Å². The van der Waals surface area contributed by atoms with Crippen LogP contribution >= 0.6 is 0 Å². The lowest BCUT2D eigenvalue weighted by atomic mass is 9.86. The molecule has 0 atom stereocenters. The lowest BCUT2D eigenvalue weighted by molar-refractivity contribution is -0.121. The van der Waals surface area contributed by atoms with Gasteiger partial charge in [-0.05, 0) is 29.2 Å². The molecule has 4 heteroatoms. The molecule has 0 unspecified atom stereocenters. The summed E-state index contributed by atoms with van der Waals surface area (Å²) in [5.74, 6) is 0.775. The molecule has 118 valence electrons. The Labute approximate surface area is 131 Å². The minimum absolute atomic E-state index is 0.0112. The van der Waals surface area contributed by atoms with E-state index >= 15 is 0 Å². The van der Waals surface area contributed by atoms with Crippen LogP contribution in [-0.4, -0.2) is 12.5 Å². The van der Waals surface area contributed by atoms with Gasteiger partial charge in [0.1, 0.15) is 5.76 Å². The second-order valence-corrected chi connectivity index (χ2v) is 6.33. The Morgan fingerprint density at radius 2 is 1.91 bits per heavy atom. The summed E-state index contributed by atoms with van der Waals surface area (Å²) < 4.78 is 5.18. The Morgan fingerprint density at radius 3 is 2.59 bits per heavy atom. The molecule has 2 rings (SSSR count). The molecule has 0 spiro atoms. The van der Waals surface area contributed by atoms with Crippen LogP contribution in [0.3, 0.4) is 0 Å². The van der Waals surface area contributed by atoms with Crippen LogP contribution in [0.1, 0.15) is 38.5 Å². The summed E-state index contributed by atoms with van der Waals surface area (Å²) in [5, 5.41) is 6.20. The Hall–Kier alpha value is -2.23. The molecule has 1 amide bonds. The second kappa shape index (κ2) is 7.16. The van der Waals surface area contributed by atoms with Gasteiger partial charge in [-0.15, -0.1) is 0 Å². The lowest BCUT2D eigenvalue weighted by Crippen LogP contribution is -2.25. The van der Waals surface area contributed by atoms with Gasteiger partial charge in [0.25, 0.3) is 0 Å². The lowest BCUT2D eigenvalue weighted by Gasteiger charge is -2.23. The minimum atomic E-state index is 0.0112. The van der Waals surface area contributed by atoms with Gasteiger partial charge in [0, 0.05) is 18.7 Å². The first-order valence-corrected chi connectivity index (χ1v) is 7.59. The van der Waals surface area contributed by atoms with Crippen molar-refractivity contribution in [2.45, 2.75) is 39.2 Å². The number of hydrogen-bond acceptors (Lipinski definition) is 3. The number of nitrogens with one attached hydrogen (secondary N) is 2. The van der Waals surface area contributed by atoms with Crippen LogP contribution in [0.25, 0.3) is 0 Å². The standard InChI is InChI=1S/C18H24N2O2/c1-18(2,3)15-8-4-5-9-16(15)19-11-10-17(21)20-13-14-7-6-12-22-14/h4-9,12,19H,10-11,13H2,1-3H3,(H,20,21). The van der Waals surface area contributed by atoms with Gasteiger partial charge < -0.3 is 15.1 Å². The third kappa shape index (κ3) is 4.65. The molecule has 0 bridgehead atoms. The second-order valence-electron chi connectivity index (χ2n) is 6.33. The van der Waals surface area contributed by atoms with Crippen molar-refractivity contribution in [3.63, 3.8) is 0 Å². The Kier molecular flexibility index (Phi) is 5.26. The molecule has 1 aromatic heterocycles. The summed E-state index contributed by atoms with van der Waals surface area (Å²) in [6.07, 6.45) is 2.03. The number of hydrogen-bond donors (Lipinski definition) is 2. The predicted molar refractivity (Wildman–Crippen MR) is 88.8 cm³/mol. The Balaban J connectivity index is 1.80. The average molecular weight is 300 g/mol. The number of furan rings is 1. The van der Waals surface area contributed by atoms with Crippen molar-refractivity contribution < 1.29 is 9.21 Å². The molecule has 1 aromatic carbocycles. The smallest absolute Gasteiger partial charge is 0.222 e. The summed E-state index contributed by atoms with van der Waals surface area (Å²) in [5.41, 5.74) is 2.42. The Bertz CT molecular complexity index is 598. The molecule has 4 nitrogen and oxygen atoms in total. The quantitative estimate of drug-likeness (QED) is 0.855. The van der Waals surface area contributed by atoms with E-state index in [9.17, 15) is 4.79 Å². The Morgan fingerprint density at radius 1 is 1.14 bits per heavy atom. The summed E-state index contributed by atoms with van der Waals surface area (Å²) >= 11 is 0. The van der Waals surface area contributed by atoms with Crippen LogP contribution < -0.4 is 10.6 Å². The van der Waals surface area contributed by atoms with Crippen molar-refractivity contribution in [2.75, 3.05) is 11.9 Å². The third-order valence-electron chi connectivity index (χ3n) is 3.44. The van der Waals surface area contributed by atoms with Gasteiger partial charge in [0.2, 0.25) is 5.91 Å². The summed E-state index contributed by atoms with van der Waals surface area (Å²) in [6, 6.07) is 11.9. The first-order chi connectivity index (χ1) is 10.5. The van der Waals surface area contributed by atoms with E-state index in [2.05, 4.69) is 43.5 Å². The highest BCUT2D eigenvalue weighted by Gasteiger charge is 2.17. The minimum Gasteiger partial charge on any atom is -0.467 e. The van der Waals surface area contributed by atoms with Gasteiger partial charge in [0.15, 0.2) is 0 Å². The van der Waals surface area contributed by atoms with Crippen LogP contribution in [0.4, 0.5) is 5.69 Å². The van der Waals surface area contributed by atoms with E-state index in [0.717, 1.165) is 11.4 Å². The maximum absolute atomic E-state index is 11.8. The topological polar surface area (TPSA) is 54.3 Å². The van der Waals surface area contributed by atoms with E-state index in [1.54, 1.807) is 6.26 Å². The molecule has 0 radical (unpaired) electrons. The van der Waals surface area contributed by atoms with Crippen molar-refractivity contribution in [1.29, 1.82) is 0 Å². The summed E-state index contributed by atoms with van der Waals surface area (Å²) in [4.78, 5) is 11.8. The van der Waals surface area contributed by atoms with Gasteiger partial charge in [-0.2, -0.15) is 0 Å². The average Bonchev–Trinajstić information content (AvgIpc) is 2.98. The maximum Gasteiger partial charge on any atom is 0.222 e. The highest BCUT2D eigenvalue weighted by atomic mass is 16.3. The third-order valence-corrected chi connectivity index (χ3v) is 3.44. The molecule has 0 aliphatic heterocycles. The van der Waals surface area contributed by atoms with Gasteiger partial charge in [0.05, 0.1) is 12.8 Å². The number of rotatable bonds is 6. The molecular weight excluding hydrogens is 276 g/mol. The number of para-hydroxylation sites is 1. The molecule has 0 aliphatic rings. The molecule has 2 aromatic rings. The van der Waals surface area contributed by atoms with E-state index in [0.29, 0.717) is 19.5 Å². The zero-order chi connectivity index (χ0) is 16.0. The van der Waals surface area contributed by atoms with Gasteiger partial charge in [-0.25, -0.2) is 0 Å². The van der Waals surface area contributed by atoms with Crippen LogP contribution in [-0.2, 0) is 16.8 Å². The SMILES string of the molecule is CC(C)(C)c1ccccc1NCCC(=O)NCc1ccco1. The number of carbonyl (C=O) groups is 1. The zero-order valence-electron chi connectivity index (χ0n) is 13.5. The fourth-order valence-electron chi connectivity index (χ4n) is 2.29. The number of carbonyl (C=O) groups excluding carboxylic acids is 1. The molecular formula is C18H24N2O2. The van der Waals surface area contributed by atoms with Crippen molar-refractivity contribution in [2.24, 2.45) is 0 Å². The van der Waals surface area contributed by atoms with Gasteiger partial charge in [-0.1, -0.05) is 39.0 Å². The van der Waals surface area contributed by atoms with Gasteiger partial charge in [-0.3, -0.25) is 4.79 Å². The van der Waals surface area contributed by atoms with E-state index < -0.39 is 0 Å². The van der Waals surface area contributed by atoms with Crippen LogP contribution in [0, 0.1) is 0 Å². The van der Waals surface area contributed by atoms with Crippen molar-refractivity contribution >= 4 is 11.6 Å². The zero-order valence-corrected chi connectivity index (χ0v) is 13.5. The fourth-order valence-corrected chi connectivity index (χ4v) is 2.29. The van der Waals surface area contributed by atoms with Crippen molar-refractivity contribution in [3.8, 4) is 0 Å². The molecule has 0 saturated heterocycles. The van der Waals surface area contributed by atoms with Crippen LogP contribution in [0.5, 0.6) is 0 Å². The fraction of sp³-hybridized carbons (Fsp3) is 0.389. The van der Waals surface area contributed by atoms with E-state index in [4.69, 9.17) is 4.42 Å². The van der Waals surface area contributed by atoms with E-state index in [1.165, 1.54) is 5.56 Å². The molecule has 1 heterocycles. The van der Waals surface area contributed by atoms with Crippen molar-refractivity contribution in [3.05, 3.63) is 54.0 Å². The molecule has 0 fully saturated rings. The highest BCUT2D eigenvalue weighted by Crippen LogP contribution is 2.29. The molecule has 0 aliphatic carbocycles. The number of amides is 1. The summed E-state index contributed by atoms with van der Waals surface area (Å²) in [6.45, 7) is 7.60. The van der Waals surface area contributed by atoms with Gasteiger partial charge >= 0.3 is 0 Å². The summed E-state index contributed by atoms with van der Waals surface area (Å²) in [7, 11) is 0. The largest absolute Gasteiger partial charge is 0.467 e. The maximum atomic E-state index is 11.8. The first kappa shape index (κ1) is 16.1. The molecule has 2 N–H and O–H groups in total. The number of anilines is 1. The monoisotopic (exact) mass is 300 g/mol. The normalized spacial score (nSPS) is 11.2. The number of benzene rings is 1. The molecule has 22 heavy (non-hydrogen) atoms. The molecule has 0 saturated carbocycles.